The summed E-state index contributed by atoms with van der Waals surface area (Å²) in [5, 5.41) is 4.02. The Hall–Kier alpha value is -2.41. The van der Waals surface area contributed by atoms with Crippen molar-refractivity contribution in [1.29, 1.82) is 0 Å². The van der Waals surface area contributed by atoms with Crippen molar-refractivity contribution in [3.63, 3.8) is 0 Å². The maximum Gasteiger partial charge on any atom is 0.410 e. The van der Waals surface area contributed by atoms with E-state index >= 15 is 0 Å². The number of rotatable bonds is 5. The standard InChI is InChI=1S/C16H19N3O4/c1-21-10-11-22-16(20)19-9-5-8-13(19)15-17-14(18-23-15)12-6-3-2-4-7-12/h2-4,6-7,13H,5,8-11H2,1H3/t13-/m1/s1. The van der Waals surface area contributed by atoms with Crippen LogP contribution >= 0.6 is 0 Å². The van der Waals surface area contributed by atoms with E-state index in [9.17, 15) is 4.79 Å². The van der Waals surface area contributed by atoms with Gasteiger partial charge in [-0.05, 0) is 12.8 Å². The van der Waals surface area contributed by atoms with E-state index in [1.165, 1.54) is 0 Å². The van der Waals surface area contributed by atoms with Gasteiger partial charge in [0.2, 0.25) is 11.7 Å². The summed E-state index contributed by atoms with van der Waals surface area (Å²) in [4.78, 5) is 18.2. The number of carbonyl (C=O) groups excluding carboxylic acids is 1. The van der Waals surface area contributed by atoms with Crippen LogP contribution in [0.2, 0.25) is 0 Å². The molecule has 1 saturated heterocycles. The molecule has 1 aliphatic rings. The molecule has 3 rings (SSSR count). The Bertz CT molecular complexity index is 644. The molecular formula is C16H19N3O4. The number of likely N-dealkylation sites (tertiary alicyclic amines) is 1. The van der Waals surface area contributed by atoms with Crippen LogP contribution in [0.4, 0.5) is 4.79 Å². The second-order valence-corrected chi connectivity index (χ2v) is 5.28. The molecule has 1 aromatic carbocycles. The van der Waals surface area contributed by atoms with Crippen molar-refractivity contribution in [2.24, 2.45) is 0 Å². The minimum atomic E-state index is -0.371. The van der Waals surface area contributed by atoms with Gasteiger partial charge >= 0.3 is 6.09 Å². The van der Waals surface area contributed by atoms with Gasteiger partial charge in [0.15, 0.2) is 0 Å². The van der Waals surface area contributed by atoms with Gasteiger partial charge < -0.3 is 14.0 Å². The van der Waals surface area contributed by atoms with E-state index in [4.69, 9.17) is 14.0 Å². The third-order valence-electron chi connectivity index (χ3n) is 3.76. The number of ether oxygens (including phenoxy) is 2. The highest BCUT2D eigenvalue weighted by Gasteiger charge is 2.35. The van der Waals surface area contributed by atoms with Crippen molar-refractivity contribution >= 4 is 6.09 Å². The van der Waals surface area contributed by atoms with Crippen LogP contribution in [-0.2, 0) is 9.47 Å². The van der Waals surface area contributed by atoms with Crippen LogP contribution < -0.4 is 0 Å². The van der Waals surface area contributed by atoms with Crippen molar-refractivity contribution in [3.8, 4) is 11.4 Å². The molecule has 122 valence electrons. The number of aromatic nitrogens is 2. The van der Waals surface area contributed by atoms with Gasteiger partial charge in [0.05, 0.1) is 6.61 Å². The number of hydrogen-bond donors (Lipinski definition) is 0. The molecular weight excluding hydrogens is 298 g/mol. The molecule has 23 heavy (non-hydrogen) atoms. The maximum atomic E-state index is 12.1. The van der Waals surface area contributed by atoms with Crippen LogP contribution in [0.5, 0.6) is 0 Å². The molecule has 0 aliphatic carbocycles. The number of hydrogen-bond acceptors (Lipinski definition) is 6. The molecule has 0 saturated carbocycles. The average Bonchev–Trinajstić information content (AvgIpc) is 3.25. The van der Waals surface area contributed by atoms with Crippen molar-refractivity contribution in [1.82, 2.24) is 15.0 Å². The zero-order valence-electron chi connectivity index (χ0n) is 13.0. The molecule has 0 N–H and O–H groups in total. The zero-order chi connectivity index (χ0) is 16.1. The van der Waals surface area contributed by atoms with E-state index in [0.29, 0.717) is 24.9 Å². The number of nitrogens with zero attached hydrogens (tertiary/aromatic N) is 3. The summed E-state index contributed by atoms with van der Waals surface area (Å²) >= 11 is 0. The second kappa shape index (κ2) is 7.23. The molecule has 0 radical (unpaired) electrons. The van der Waals surface area contributed by atoms with E-state index in [0.717, 1.165) is 18.4 Å². The first kappa shape index (κ1) is 15.5. The van der Waals surface area contributed by atoms with Gasteiger partial charge in [-0.15, -0.1) is 0 Å². The first-order valence-electron chi connectivity index (χ1n) is 7.61. The molecule has 7 heteroatoms. The van der Waals surface area contributed by atoms with E-state index in [-0.39, 0.29) is 18.7 Å². The van der Waals surface area contributed by atoms with Crippen molar-refractivity contribution in [2.45, 2.75) is 18.9 Å². The molecule has 0 unspecified atom stereocenters. The number of carbonyl (C=O) groups is 1. The Kier molecular flexibility index (Phi) is 4.87. The van der Waals surface area contributed by atoms with E-state index in [1.54, 1.807) is 12.0 Å². The van der Waals surface area contributed by atoms with E-state index in [2.05, 4.69) is 10.1 Å². The highest BCUT2D eigenvalue weighted by molar-refractivity contribution is 5.68. The summed E-state index contributed by atoms with van der Waals surface area (Å²) in [5.74, 6) is 0.977. The van der Waals surface area contributed by atoms with E-state index < -0.39 is 0 Å². The lowest BCUT2D eigenvalue weighted by Crippen LogP contribution is -2.32. The van der Waals surface area contributed by atoms with Gasteiger partial charge in [-0.2, -0.15) is 4.98 Å². The molecule has 1 amide bonds. The molecule has 1 atom stereocenters. The molecule has 0 bridgehead atoms. The molecule has 0 spiro atoms. The summed E-state index contributed by atoms with van der Waals surface area (Å²) in [7, 11) is 1.57. The van der Waals surface area contributed by atoms with Crippen LogP contribution in [0, 0.1) is 0 Å². The van der Waals surface area contributed by atoms with Crippen molar-refractivity contribution < 1.29 is 18.8 Å². The van der Waals surface area contributed by atoms with Crippen molar-refractivity contribution in [3.05, 3.63) is 36.2 Å². The lowest BCUT2D eigenvalue weighted by molar-refractivity contribution is 0.0655. The predicted octanol–water partition coefficient (Wildman–Crippen LogP) is 2.66. The third-order valence-corrected chi connectivity index (χ3v) is 3.76. The van der Waals surface area contributed by atoms with Gasteiger partial charge in [-0.3, -0.25) is 4.90 Å². The van der Waals surface area contributed by atoms with Crippen LogP contribution in [0.1, 0.15) is 24.8 Å². The normalized spacial score (nSPS) is 17.4. The first-order chi connectivity index (χ1) is 11.3. The smallest absolute Gasteiger partial charge is 0.410 e. The van der Waals surface area contributed by atoms with Gasteiger partial charge in [0.1, 0.15) is 12.6 Å². The minimum absolute atomic E-state index is 0.227. The van der Waals surface area contributed by atoms with Crippen LogP contribution in [0.3, 0.4) is 0 Å². The number of benzene rings is 1. The number of methoxy groups -OCH3 is 1. The Morgan fingerprint density at radius 2 is 2.17 bits per heavy atom. The second-order valence-electron chi connectivity index (χ2n) is 5.28. The van der Waals surface area contributed by atoms with Crippen LogP contribution in [-0.4, -0.2) is 48.0 Å². The minimum Gasteiger partial charge on any atom is -0.447 e. The molecule has 2 aromatic rings. The van der Waals surface area contributed by atoms with Crippen molar-refractivity contribution in [2.75, 3.05) is 26.9 Å². The third kappa shape index (κ3) is 3.50. The lowest BCUT2D eigenvalue weighted by Gasteiger charge is -2.21. The fraction of sp³-hybridized carbons (Fsp3) is 0.438. The quantitative estimate of drug-likeness (QED) is 0.789. The summed E-state index contributed by atoms with van der Waals surface area (Å²) in [5.41, 5.74) is 0.884. The average molecular weight is 317 g/mol. The molecule has 1 fully saturated rings. The predicted molar refractivity (Wildman–Crippen MR) is 81.6 cm³/mol. The summed E-state index contributed by atoms with van der Waals surface area (Å²) in [6, 6.07) is 9.37. The maximum absolute atomic E-state index is 12.1. The Labute approximate surface area is 134 Å². The monoisotopic (exact) mass is 317 g/mol. The Morgan fingerprint density at radius 1 is 1.35 bits per heavy atom. The zero-order valence-corrected chi connectivity index (χ0v) is 13.0. The molecule has 7 nitrogen and oxygen atoms in total. The van der Waals surface area contributed by atoms with Gasteiger partial charge in [0, 0.05) is 19.2 Å². The summed E-state index contributed by atoms with van der Waals surface area (Å²) in [6.07, 6.45) is 1.30. The van der Waals surface area contributed by atoms with E-state index in [1.807, 2.05) is 30.3 Å². The summed E-state index contributed by atoms with van der Waals surface area (Å²) < 4.78 is 15.4. The highest BCUT2D eigenvalue weighted by atomic mass is 16.6. The molecule has 1 aromatic heterocycles. The first-order valence-corrected chi connectivity index (χ1v) is 7.61. The Morgan fingerprint density at radius 3 is 2.96 bits per heavy atom. The van der Waals surface area contributed by atoms with Gasteiger partial charge in [0.25, 0.3) is 0 Å². The molecule has 2 heterocycles. The van der Waals surface area contributed by atoms with Crippen LogP contribution in [0.25, 0.3) is 11.4 Å². The SMILES string of the molecule is COCCOC(=O)N1CCC[C@@H]1c1nc(-c2ccccc2)no1. The summed E-state index contributed by atoms with van der Waals surface area (Å²) in [6.45, 7) is 1.24. The fourth-order valence-electron chi connectivity index (χ4n) is 2.61. The van der Waals surface area contributed by atoms with Gasteiger partial charge in [-0.1, -0.05) is 35.5 Å². The Balaban J connectivity index is 1.71. The topological polar surface area (TPSA) is 77.7 Å². The number of amides is 1. The highest BCUT2D eigenvalue weighted by Crippen LogP contribution is 2.32. The molecule has 1 aliphatic heterocycles. The lowest BCUT2D eigenvalue weighted by atomic mass is 10.2. The largest absolute Gasteiger partial charge is 0.447 e. The van der Waals surface area contributed by atoms with Crippen LogP contribution in [0.15, 0.2) is 34.9 Å². The van der Waals surface area contributed by atoms with Gasteiger partial charge in [-0.25, -0.2) is 4.79 Å². The fourth-order valence-corrected chi connectivity index (χ4v) is 2.61.